The second-order valence-corrected chi connectivity index (χ2v) is 7.09. The molecular weight excluding hydrogens is 344 g/mol. The van der Waals surface area contributed by atoms with Gasteiger partial charge in [0, 0.05) is 17.6 Å². The van der Waals surface area contributed by atoms with Crippen LogP contribution >= 0.6 is 11.3 Å². The van der Waals surface area contributed by atoms with Gasteiger partial charge in [-0.25, -0.2) is 0 Å². The van der Waals surface area contributed by atoms with Crippen molar-refractivity contribution in [2.45, 2.75) is 13.5 Å². The van der Waals surface area contributed by atoms with Crippen molar-refractivity contribution >= 4 is 28.6 Å². The van der Waals surface area contributed by atoms with E-state index in [1.54, 1.807) is 23.3 Å². The van der Waals surface area contributed by atoms with Crippen LogP contribution in [0, 0.1) is 6.92 Å². The van der Waals surface area contributed by atoms with Gasteiger partial charge in [-0.15, -0.1) is 11.3 Å². The molecule has 4 nitrogen and oxygen atoms in total. The maximum absolute atomic E-state index is 13.0. The third-order valence-corrected chi connectivity index (χ3v) is 5.23. The van der Waals surface area contributed by atoms with E-state index in [4.69, 9.17) is 4.74 Å². The number of rotatable bonds is 6. The van der Waals surface area contributed by atoms with Crippen LogP contribution in [0.15, 0.2) is 60.0 Å². The molecule has 1 heterocycles. The SMILES string of the molecule is COc1ccc(Nc2ccccc2C(=O)N(C)Cc2sccc2C)cc1. The minimum atomic E-state index is -0.00517. The summed E-state index contributed by atoms with van der Waals surface area (Å²) in [6.45, 7) is 2.68. The van der Waals surface area contributed by atoms with E-state index in [1.807, 2.05) is 55.6 Å². The molecule has 0 bridgehead atoms. The van der Waals surface area contributed by atoms with Crippen molar-refractivity contribution in [1.29, 1.82) is 0 Å². The van der Waals surface area contributed by atoms with E-state index in [-0.39, 0.29) is 5.91 Å². The molecule has 0 atom stereocenters. The van der Waals surface area contributed by atoms with Crippen LogP contribution in [0.5, 0.6) is 5.75 Å². The molecule has 0 fully saturated rings. The van der Waals surface area contributed by atoms with Crippen molar-refractivity contribution in [1.82, 2.24) is 4.90 Å². The summed E-state index contributed by atoms with van der Waals surface area (Å²) < 4.78 is 5.18. The van der Waals surface area contributed by atoms with Crippen molar-refractivity contribution in [3.63, 3.8) is 0 Å². The van der Waals surface area contributed by atoms with Crippen molar-refractivity contribution < 1.29 is 9.53 Å². The average molecular weight is 366 g/mol. The van der Waals surface area contributed by atoms with E-state index >= 15 is 0 Å². The van der Waals surface area contributed by atoms with Crippen LogP contribution in [-0.4, -0.2) is 25.0 Å². The maximum atomic E-state index is 13.0. The van der Waals surface area contributed by atoms with E-state index in [0.29, 0.717) is 12.1 Å². The summed E-state index contributed by atoms with van der Waals surface area (Å²) >= 11 is 1.68. The van der Waals surface area contributed by atoms with Crippen LogP contribution in [0.3, 0.4) is 0 Å². The molecule has 1 N–H and O–H groups in total. The first-order chi connectivity index (χ1) is 12.6. The lowest BCUT2D eigenvalue weighted by Crippen LogP contribution is -2.26. The van der Waals surface area contributed by atoms with Gasteiger partial charge in [0.25, 0.3) is 5.91 Å². The predicted octanol–water partition coefficient (Wildman–Crippen LogP) is 5.08. The molecule has 2 aromatic carbocycles. The number of hydrogen-bond acceptors (Lipinski definition) is 4. The van der Waals surface area contributed by atoms with Gasteiger partial charge in [-0.05, 0) is 60.3 Å². The van der Waals surface area contributed by atoms with Crippen LogP contribution in [0.2, 0.25) is 0 Å². The largest absolute Gasteiger partial charge is 0.497 e. The molecule has 3 rings (SSSR count). The Morgan fingerprint density at radius 2 is 1.85 bits per heavy atom. The minimum absolute atomic E-state index is 0.00517. The molecule has 1 aromatic heterocycles. The molecular formula is C21H22N2O2S. The first-order valence-electron chi connectivity index (χ1n) is 8.37. The molecule has 0 spiro atoms. The second kappa shape index (κ2) is 8.06. The summed E-state index contributed by atoms with van der Waals surface area (Å²) in [4.78, 5) is 15.9. The number of ether oxygens (including phenoxy) is 1. The van der Waals surface area contributed by atoms with Gasteiger partial charge >= 0.3 is 0 Å². The normalized spacial score (nSPS) is 10.4. The summed E-state index contributed by atoms with van der Waals surface area (Å²) in [5.41, 5.74) is 3.57. The number of aryl methyl sites for hydroxylation is 1. The summed E-state index contributed by atoms with van der Waals surface area (Å²) in [5.74, 6) is 0.792. The highest BCUT2D eigenvalue weighted by Gasteiger charge is 2.17. The zero-order chi connectivity index (χ0) is 18.5. The molecule has 1 amide bonds. The first-order valence-corrected chi connectivity index (χ1v) is 9.25. The monoisotopic (exact) mass is 366 g/mol. The van der Waals surface area contributed by atoms with Crippen LogP contribution in [0.25, 0.3) is 0 Å². The molecule has 26 heavy (non-hydrogen) atoms. The van der Waals surface area contributed by atoms with Gasteiger partial charge in [-0.2, -0.15) is 0 Å². The Hall–Kier alpha value is -2.79. The zero-order valence-corrected chi connectivity index (χ0v) is 16.0. The zero-order valence-electron chi connectivity index (χ0n) is 15.2. The lowest BCUT2D eigenvalue weighted by atomic mass is 10.1. The number of para-hydroxylation sites is 1. The van der Waals surface area contributed by atoms with E-state index in [0.717, 1.165) is 17.1 Å². The van der Waals surface area contributed by atoms with Gasteiger partial charge in [-0.3, -0.25) is 4.79 Å². The Labute approximate surface area is 158 Å². The highest BCUT2D eigenvalue weighted by molar-refractivity contribution is 7.10. The number of nitrogens with one attached hydrogen (secondary N) is 1. The van der Waals surface area contributed by atoms with Gasteiger partial charge in [0.2, 0.25) is 0 Å². The van der Waals surface area contributed by atoms with Crippen LogP contribution in [-0.2, 0) is 6.54 Å². The summed E-state index contributed by atoms with van der Waals surface area (Å²) in [5, 5.41) is 5.39. The van der Waals surface area contributed by atoms with Crippen LogP contribution in [0.4, 0.5) is 11.4 Å². The number of hydrogen-bond donors (Lipinski definition) is 1. The highest BCUT2D eigenvalue weighted by Crippen LogP contribution is 2.25. The van der Waals surface area contributed by atoms with Gasteiger partial charge in [0.1, 0.15) is 5.75 Å². The number of anilines is 2. The quantitative estimate of drug-likeness (QED) is 0.661. The number of thiophene rings is 1. The van der Waals surface area contributed by atoms with Crippen molar-refractivity contribution in [3.8, 4) is 5.75 Å². The molecule has 0 saturated heterocycles. The third kappa shape index (κ3) is 4.06. The number of methoxy groups -OCH3 is 1. The first kappa shape index (κ1) is 18.0. The van der Waals surface area contributed by atoms with E-state index in [1.165, 1.54) is 10.4 Å². The molecule has 3 aromatic rings. The second-order valence-electron chi connectivity index (χ2n) is 6.09. The Balaban J connectivity index is 1.79. The molecule has 0 aliphatic rings. The lowest BCUT2D eigenvalue weighted by Gasteiger charge is -2.19. The van der Waals surface area contributed by atoms with Crippen molar-refractivity contribution in [2.24, 2.45) is 0 Å². The van der Waals surface area contributed by atoms with E-state index in [9.17, 15) is 4.79 Å². The summed E-state index contributed by atoms with van der Waals surface area (Å²) in [7, 11) is 3.48. The number of benzene rings is 2. The fourth-order valence-corrected chi connectivity index (χ4v) is 3.63. The van der Waals surface area contributed by atoms with Gasteiger partial charge < -0.3 is 15.0 Å². The Bertz CT molecular complexity index is 887. The number of amides is 1. The minimum Gasteiger partial charge on any atom is -0.497 e. The Kier molecular flexibility index (Phi) is 5.58. The smallest absolute Gasteiger partial charge is 0.256 e. The Morgan fingerprint density at radius 3 is 2.50 bits per heavy atom. The standard InChI is InChI=1S/C21H22N2O2S/c1-15-12-13-26-20(15)14-23(2)21(24)18-6-4-5-7-19(18)22-16-8-10-17(25-3)11-9-16/h4-13,22H,14H2,1-3H3. The highest BCUT2D eigenvalue weighted by atomic mass is 32.1. The molecule has 0 aliphatic heterocycles. The fraction of sp³-hybridized carbons (Fsp3) is 0.190. The van der Waals surface area contributed by atoms with Gasteiger partial charge in [0.05, 0.1) is 24.9 Å². The number of nitrogens with zero attached hydrogens (tertiary/aromatic N) is 1. The van der Waals surface area contributed by atoms with Crippen LogP contribution < -0.4 is 10.1 Å². The topological polar surface area (TPSA) is 41.6 Å². The van der Waals surface area contributed by atoms with Gasteiger partial charge in [0.15, 0.2) is 0 Å². The molecule has 5 heteroatoms. The summed E-state index contributed by atoms with van der Waals surface area (Å²) in [6.07, 6.45) is 0. The molecule has 0 saturated carbocycles. The maximum Gasteiger partial charge on any atom is 0.256 e. The van der Waals surface area contributed by atoms with E-state index < -0.39 is 0 Å². The van der Waals surface area contributed by atoms with E-state index in [2.05, 4.69) is 23.7 Å². The van der Waals surface area contributed by atoms with Crippen LogP contribution in [0.1, 0.15) is 20.8 Å². The molecule has 0 aliphatic carbocycles. The van der Waals surface area contributed by atoms with Crippen molar-refractivity contribution in [3.05, 3.63) is 76.0 Å². The fourth-order valence-electron chi connectivity index (χ4n) is 2.67. The molecule has 0 radical (unpaired) electrons. The summed E-state index contributed by atoms with van der Waals surface area (Å²) in [6, 6.07) is 17.3. The predicted molar refractivity (Wildman–Crippen MR) is 108 cm³/mol. The average Bonchev–Trinajstić information content (AvgIpc) is 3.07. The number of carbonyl (C=O) groups is 1. The third-order valence-electron chi connectivity index (χ3n) is 4.22. The Morgan fingerprint density at radius 1 is 1.12 bits per heavy atom. The number of carbonyl (C=O) groups excluding carboxylic acids is 1. The van der Waals surface area contributed by atoms with Crippen molar-refractivity contribution in [2.75, 3.05) is 19.5 Å². The van der Waals surface area contributed by atoms with Gasteiger partial charge in [-0.1, -0.05) is 12.1 Å². The molecule has 0 unspecified atom stereocenters. The molecule has 134 valence electrons. The lowest BCUT2D eigenvalue weighted by molar-refractivity contribution is 0.0787.